The molecule has 2 rings (SSSR count). The molecule has 0 aliphatic carbocycles. The molecule has 1 N–H and O–H groups in total. The number of carbonyl (C=O) groups excluding carboxylic acids is 2. The lowest BCUT2D eigenvalue weighted by Gasteiger charge is -2.13. The quantitative estimate of drug-likeness (QED) is 0.567. The van der Waals surface area contributed by atoms with Gasteiger partial charge in [0.05, 0.1) is 7.11 Å². The van der Waals surface area contributed by atoms with Crippen molar-refractivity contribution in [2.75, 3.05) is 7.11 Å². The van der Waals surface area contributed by atoms with Crippen LogP contribution in [0.1, 0.15) is 15.9 Å². The van der Waals surface area contributed by atoms with Crippen LogP contribution in [0.5, 0.6) is 0 Å². The highest BCUT2D eigenvalue weighted by molar-refractivity contribution is 9.10. The van der Waals surface area contributed by atoms with Gasteiger partial charge in [0.2, 0.25) is 0 Å². The zero-order valence-corrected chi connectivity index (χ0v) is 15.4. The van der Waals surface area contributed by atoms with Gasteiger partial charge in [0.25, 0.3) is 5.91 Å². The number of halogens is 3. The fourth-order valence-corrected chi connectivity index (χ4v) is 2.47. The Labute approximate surface area is 158 Å². The summed E-state index contributed by atoms with van der Waals surface area (Å²) >= 11 is 3.34. The van der Waals surface area contributed by atoms with Crippen LogP contribution in [0.25, 0.3) is 0 Å². The van der Waals surface area contributed by atoms with Gasteiger partial charge in [0.15, 0.2) is 0 Å². The number of hydrogen-bond acceptors (Lipinski definition) is 3. The zero-order chi connectivity index (χ0) is 19.1. The monoisotopic (exact) mass is 423 g/mol. The van der Waals surface area contributed by atoms with E-state index in [1.807, 2.05) is 24.3 Å². The van der Waals surface area contributed by atoms with Crippen LogP contribution in [0.3, 0.4) is 0 Å². The number of benzene rings is 2. The molecule has 2 aromatic rings. The first-order chi connectivity index (χ1) is 12.4. The molecule has 0 radical (unpaired) electrons. The van der Waals surface area contributed by atoms with Crippen molar-refractivity contribution in [2.24, 2.45) is 0 Å². The standard InChI is InChI=1S/C19H16BrF2NO3/c1-26-19(25)16(7-2-4-12-8-10-13(20)11-9-12)23-18(24)17-14(21)5-3-6-15(17)22/h2-3,5-11,16H,4H2,1H3,(H,23,24)/b7-2+/t16-/m0/s1. The minimum atomic E-state index is -1.16. The van der Waals surface area contributed by atoms with Crippen molar-refractivity contribution in [2.45, 2.75) is 12.5 Å². The molecule has 136 valence electrons. The first-order valence-electron chi connectivity index (χ1n) is 7.66. The van der Waals surface area contributed by atoms with Gasteiger partial charge in [0.1, 0.15) is 23.2 Å². The average Bonchev–Trinajstić information content (AvgIpc) is 2.61. The molecular weight excluding hydrogens is 408 g/mol. The third-order valence-corrected chi connectivity index (χ3v) is 4.06. The van der Waals surface area contributed by atoms with E-state index in [9.17, 15) is 18.4 Å². The molecular formula is C19H16BrF2NO3. The van der Waals surface area contributed by atoms with E-state index >= 15 is 0 Å². The second kappa shape index (κ2) is 9.24. The molecule has 0 saturated carbocycles. The second-order valence-electron chi connectivity index (χ2n) is 5.33. The molecule has 2 aromatic carbocycles. The Morgan fingerprint density at radius 2 is 1.77 bits per heavy atom. The molecule has 0 fully saturated rings. The van der Waals surface area contributed by atoms with E-state index in [-0.39, 0.29) is 0 Å². The zero-order valence-electron chi connectivity index (χ0n) is 13.8. The molecule has 0 spiro atoms. The van der Waals surface area contributed by atoms with E-state index in [2.05, 4.69) is 26.0 Å². The molecule has 0 bridgehead atoms. The van der Waals surface area contributed by atoms with Gasteiger partial charge in [-0.1, -0.05) is 46.3 Å². The van der Waals surface area contributed by atoms with Gasteiger partial charge in [-0.25, -0.2) is 13.6 Å². The molecule has 0 unspecified atom stereocenters. The van der Waals surface area contributed by atoms with Gasteiger partial charge < -0.3 is 10.1 Å². The van der Waals surface area contributed by atoms with E-state index < -0.39 is 35.1 Å². The van der Waals surface area contributed by atoms with Gasteiger partial charge in [-0.15, -0.1) is 0 Å². The Morgan fingerprint density at radius 3 is 2.35 bits per heavy atom. The summed E-state index contributed by atoms with van der Waals surface area (Å²) in [5.74, 6) is -3.80. The Kier molecular flexibility index (Phi) is 7.03. The molecule has 4 nitrogen and oxygen atoms in total. The van der Waals surface area contributed by atoms with Crippen molar-refractivity contribution in [1.82, 2.24) is 5.32 Å². The summed E-state index contributed by atoms with van der Waals surface area (Å²) in [4.78, 5) is 24.0. The van der Waals surface area contributed by atoms with Crippen LogP contribution in [-0.2, 0) is 16.0 Å². The van der Waals surface area contributed by atoms with E-state index in [1.165, 1.54) is 6.08 Å². The molecule has 0 saturated heterocycles. The maximum absolute atomic E-state index is 13.7. The van der Waals surface area contributed by atoms with E-state index in [0.717, 1.165) is 35.3 Å². The van der Waals surface area contributed by atoms with Crippen LogP contribution < -0.4 is 5.32 Å². The Morgan fingerprint density at radius 1 is 1.15 bits per heavy atom. The van der Waals surface area contributed by atoms with Gasteiger partial charge in [0, 0.05) is 4.47 Å². The number of methoxy groups -OCH3 is 1. The Balaban J connectivity index is 2.12. The smallest absolute Gasteiger partial charge is 0.332 e. The minimum Gasteiger partial charge on any atom is -0.467 e. The number of amides is 1. The first kappa shape index (κ1) is 19.8. The van der Waals surface area contributed by atoms with Crippen molar-refractivity contribution in [3.05, 3.63) is 81.9 Å². The van der Waals surface area contributed by atoms with Crippen LogP contribution in [0.4, 0.5) is 8.78 Å². The maximum Gasteiger partial charge on any atom is 0.332 e. The summed E-state index contributed by atoms with van der Waals surface area (Å²) < 4.78 is 33.0. The molecule has 26 heavy (non-hydrogen) atoms. The molecule has 0 aliphatic heterocycles. The predicted molar refractivity (Wildman–Crippen MR) is 96.6 cm³/mol. The van der Waals surface area contributed by atoms with Gasteiger partial charge in [-0.3, -0.25) is 4.79 Å². The average molecular weight is 424 g/mol. The highest BCUT2D eigenvalue weighted by Gasteiger charge is 2.23. The van der Waals surface area contributed by atoms with Crippen molar-refractivity contribution in [1.29, 1.82) is 0 Å². The lowest BCUT2D eigenvalue weighted by atomic mass is 10.1. The Hall–Kier alpha value is -2.54. The number of ether oxygens (including phenoxy) is 1. The normalized spacial score (nSPS) is 12.0. The number of nitrogens with one attached hydrogen (secondary N) is 1. The summed E-state index contributed by atoms with van der Waals surface area (Å²) in [6.45, 7) is 0. The maximum atomic E-state index is 13.7. The first-order valence-corrected chi connectivity index (χ1v) is 8.45. The summed E-state index contributed by atoms with van der Waals surface area (Å²) in [6.07, 6.45) is 3.60. The van der Waals surface area contributed by atoms with Gasteiger partial charge >= 0.3 is 5.97 Å². The lowest BCUT2D eigenvalue weighted by molar-refractivity contribution is -0.141. The number of rotatable bonds is 6. The summed E-state index contributed by atoms with van der Waals surface area (Å²) in [6, 6.07) is 9.47. The third-order valence-electron chi connectivity index (χ3n) is 3.53. The molecule has 1 atom stereocenters. The van der Waals surface area contributed by atoms with Crippen LogP contribution in [0, 0.1) is 11.6 Å². The number of esters is 1. The SMILES string of the molecule is COC(=O)[C@H](/C=C/Cc1ccc(Br)cc1)NC(=O)c1c(F)cccc1F. The number of allylic oxidation sites excluding steroid dienone is 1. The molecule has 0 heterocycles. The van der Waals surface area contributed by atoms with Crippen LogP contribution in [0.2, 0.25) is 0 Å². The molecule has 0 aliphatic rings. The summed E-state index contributed by atoms with van der Waals surface area (Å²) in [5.41, 5.74) is 0.238. The van der Waals surface area contributed by atoms with Crippen molar-refractivity contribution < 1.29 is 23.1 Å². The number of carbonyl (C=O) groups is 2. The summed E-state index contributed by atoms with van der Waals surface area (Å²) in [7, 11) is 1.16. The minimum absolute atomic E-state index is 0.505. The van der Waals surface area contributed by atoms with Crippen molar-refractivity contribution in [3.8, 4) is 0 Å². The fraction of sp³-hybridized carbons (Fsp3) is 0.158. The van der Waals surface area contributed by atoms with Crippen LogP contribution >= 0.6 is 15.9 Å². The van der Waals surface area contributed by atoms with Crippen molar-refractivity contribution >= 4 is 27.8 Å². The second-order valence-corrected chi connectivity index (χ2v) is 6.25. The largest absolute Gasteiger partial charge is 0.467 e. The highest BCUT2D eigenvalue weighted by Crippen LogP contribution is 2.13. The lowest BCUT2D eigenvalue weighted by Crippen LogP contribution is -2.40. The predicted octanol–water partition coefficient (Wildman–Crippen LogP) is 3.80. The Bertz CT molecular complexity index is 802. The molecule has 7 heteroatoms. The van der Waals surface area contributed by atoms with Crippen LogP contribution in [-0.4, -0.2) is 25.0 Å². The van der Waals surface area contributed by atoms with E-state index in [0.29, 0.717) is 6.42 Å². The van der Waals surface area contributed by atoms with Gasteiger partial charge in [-0.05, 0) is 36.2 Å². The van der Waals surface area contributed by atoms with E-state index in [4.69, 9.17) is 0 Å². The number of hydrogen-bond donors (Lipinski definition) is 1. The van der Waals surface area contributed by atoms with Crippen LogP contribution in [0.15, 0.2) is 59.1 Å². The topological polar surface area (TPSA) is 55.4 Å². The molecule has 1 amide bonds. The summed E-state index contributed by atoms with van der Waals surface area (Å²) in [5, 5.41) is 2.27. The van der Waals surface area contributed by atoms with Gasteiger partial charge in [-0.2, -0.15) is 0 Å². The molecule has 0 aromatic heterocycles. The fourth-order valence-electron chi connectivity index (χ4n) is 2.20. The van der Waals surface area contributed by atoms with E-state index in [1.54, 1.807) is 6.08 Å². The van der Waals surface area contributed by atoms with Crippen molar-refractivity contribution in [3.63, 3.8) is 0 Å². The highest BCUT2D eigenvalue weighted by atomic mass is 79.9. The third kappa shape index (κ3) is 5.23.